The Kier molecular flexibility index (Phi) is 4.00. The first-order chi connectivity index (χ1) is 9.29. The summed E-state index contributed by atoms with van der Waals surface area (Å²) in [6.07, 6.45) is 4.49. The van der Waals surface area contributed by atoms with Crippen LogP contribution in [0.25, 0.3) is 0 Å². The molecule has 0 fully saturated rings. The van der Waals surface area contributed by atoms with E-state index in [1.165, 1.54) is 18.5 Å². The molecule has 2 aromatic heterocycles. The van der Waals surface area contributed by atoms with Gasteiger partial charge in [0.25, 0.3) is 10.0 Å². The third-order valence-corrected chi connectivity index (χ3v) is 4.36. The van der Waals surface area contributed by atoms with Crippen LogP contribution in [-0.2, 0) is 10.0 Å². The van der Waals surface area contributed by atoms with Gasteiger partial charge in [0.2, 0.25) is 0 Å². The van der Waals surface area contributed by atoms with Crippen LogP contribution >= 0.6 is 15.9 Å². The van der Waals surface area contributed by atoms with Crippen molar-refractivity contribution in [2.75, 3.05) is 10.5 Å². The van der Waals surface area contributed by atoms with E-state index in [0.29, 0.717) is 10.2 Å². The van der Waals surface area contributed by atoms with Crippen molar-refractivity contribution in [1.82, 2.24) is 14.8 Å². The van der Waals surface area contributed by atoms with Crippen molar-refractivity contribution in [2.24, 2.45) is 0 Å². The van der Waals surface area contributed by atoms with Crippen molar-refractivity contribution in [3.63, 3.8) is 0 Å². The van der Waals surface area contributed by atoms with E-state index in [1.807, 2.05) is 13.8 Å². The average Bonchev–Trinajstić information content (AvgIpc) is 2.80. The zero-order chi connectivity index (χ0) is 14.9. The summed E-state index contributed by atoms with van der Waals surface area (Å²) >= 11 is 3.17. The maximum atomic E-state index is 12.3. The molecule has 0 saturated heterocycles. The number of hydrogen-bond donors (Lipinski definition) is 2. The number of pyridine rings is 1. The highest BCUT2D eigenvalue weighted by Gasteiger charge is 2.20. The predicted octanol–water partition coefficient (Wildman–Crippen LogP) is 2.00. The molecule has 7 nitrogen and oxygen atoms in total. The molecule has 0 bridgehead atoms. The van der Waals surface area contributed by atoms with Crippen LogP contribution in [-0.4, -0.2) is 23.2 Å². The Hall–Kier alpha value is -1.61. The molecule has 0 unspecified atom stereocenters. The summed E-state index contributed by atoms with van der Waals surface area (Å²) in [7, 11) is -3.80. The third-order valence-electron chi connectivity index (χ3n) is 2.52. The Bertz CT molecular complexity index is 726. The first-order valence-corrected chi connectivity index (χ1v) is 8.05. The van der Waals surface area contributed by atoms with Gasteiger partial charge in [-0.2, -0.15) is 5.10 Å². The molecule has 0 amide bonds. The van der Waals surface area contributed by atoms with Crippen molar-refractivity contribution in [3.05, 3.63) is 29.1 Å². The fourth-order valence-electron chi connectivity index (χ4n) is 1.53. The average molecular weight is 360 g/mol. The van der Waals surface area contributed by atoms with E-state index >= 15 is 0 Å². The zero-order valence-corrected chi connectivity index (χ0v) is 13.3. The first kappa shape index (κ1) is 14.8. The van der Waals surface area contributed by atoms with E-state index in [9.17, 15) is 8.42 Å². The largest absolute Gasteiger partial charge is 0.383 e. The van der Waals surface area contributed by atoms with Crippen molar-refractivity contribution >= 4 is 37.5 Å². The predicted molar refractivity (Wildman–Crippen MR) is 79.8 cm³/mol. The molecule has 0 atom stereocenters. The van der Waals surface area contributed by atoms with Gasteiger partial charge < -0.3 is 5.73 Å². The maximum Gasteiger partial charge on any atom is 0.265 e. The Balaban J connectivity index is 2.33. The number of nitrogens with two attached hydrogens (primary N) is 1. The van der Waals surface area contributed by atoms with Gasteiger partial charge in [-0.1, -0.05) is 0 Å². The number of halogens is 1. The summed E-state index contributed by atoms with van der Waals surface area (Å²) in [4.78, 5) is 3.73. The van der Waals surface area contributed by atoms with Crippen molar-refractivity contribution in [2.45, 2.75) is 24.8 Å². The van der Waals surface area contributed by atoms with Crippen LogP contribution in [0.1, 0.15) is 19.9 Å². The standard InChI is InChI=1S/C11H14BrN5O2S/c1-7(2)17-6-9(5-15-17)16-20(18,19)10-3-8(12)4-14-11(10)13/h3-7,16H,1-2H3,(H2,13,14). The summed E-state index contributed by atoms with van der Waals surface area (Å²) in [5.74, 6) is -0.0584. The number of nitrogen functional groups attached to an aromatic ring is 1. The molecule has 0 aliphatic heterocycles. The molecule has 0 radical (unpaired) electrons. The van der Waals surface area contributed by atoms with Gasteiger partial charge in [0, 0.05) is 22.9 Å². The molecule has 0 aliphatic carbocycles. The Morgan fingerprint density at radius 3 is 2.70 bits per heavy atom. The van der Waals surface area contributed by atoms with E-state index in [-0.39, 0.29) is 16.8 Å². The fraction of sp³-hybridized carbons (Fsp3) is 0.273. The van der Waals surface area contributed by atoms with Gasteiger partial charge >= 0.3 is 0 Å². The van der Waals surface area contributed by atoms with Crippen LogP contribution in [0.5, 0.6) is 0 Å². The molecule has 20 heavy (non-hydrogen) atoms. The second-order valence-electron chi connectivity index (χ2n) is 4.45. The molecule has 2 rings (SSSR count). The van der Waals surface area contributed by atoms with E-state index in [1.54, 1.807) is 10.9 Å². The van der Waals surface area contributed by atoms with Crippen LogP contribution in [0, 0.1) is 0 Å². The van der Waals surface area contributed by atoms with E-state index in [4.69, 9.17) is 5.73 Å². The Morgan fingerprint density at radius 2 is 2.10 bits per heavy atom. The second kappa shape index (κ2) is 5.41. The summed E-state index contributed by atoms with van der Waals surface area (Å²) in [5, 5.41) is 4.07. The Labute approximate surface area is 125 Å². The minimum Gasteiger partial charge on any atom is -0.383 e. The van der Waals surface area contributed by atoms with Gasteiger partial charge in [-0.3, -0.25) is 9.40 Å². The molecule has 0 saturated carbocycles. The van der Waals surface area contributed by atoms with Crippen LogP contribution < -0.4 is 10.5 Å². The van der Waals surface area contributed by atoms with Crippen LogP contribution in [0.4, 0.5) is 11.5 Å². The monoisotopic (exact) mass is 359 g/mol. The summed E-state index contributed by atoms with van der Waals surface area (Å²) in [6.45, 7) is 3.89. The fourth-order valence-corrected chi connectivity index (χ4v) is 3.15. The minimum absolute atomic E-state index is 0.0584. The lowest BCUT2D eigenvalue weighted by molar-refractivity contribution is 0.532. The number of sulfonamides is 1. The van der Waals surface area contributed by atoms with E-state index in [2.05, 4.69) is 30.7 Å². The van der Waals surface area contributed by atoms with Gasteiger partial charge in [-0.05, 0) is 35.8 Å². The lowest BCUT2D eigenvalue weighted by atomic mass is 10.4. The number of rotatable bonds is 4. The lowest BCUT2D eigenvalue weighted by Crippen LogP contribution is -2.15. The second-order valence-corrected chi connectivity index (χ2v) is 7.01. The zero-order valence-electron chi connectivity index (χ0n) is 10.9. The van der Waals surface area contributed by atoms with Gasteiger partial charge in [0.05, 0.1) is 11.9 Å². The quantitative estimate of drug-likeness (QED) is 0.868. The molecule has 2 aromatic rings. The number of nitrogens with one attached hydrogen (secondary N) is 1. The van der Waals surface area contributed by atoms with Crippen LogP contribution in [0.15, 0.2) is 34.0 Å². The minimum atomic E-state index is -3.80. The SMILES string of the molecule is CC(C)n1cc(NS(=O)(=O)c2cc(Br)cnc2N)cn1. The molecule has 3 N–H and O–H groups in total. The molecule has 0 aliphatic rings. The molecule has 9 heteroatoms. The highest BCUT2D eigenvalue weighted by molar-refractivity contribution is 9.10. The lowest BCUT2D eigenvalue weighted by Gasteiger charge is -2.08. The van der Waals surface area contributed by atoms with Gasteiger partial charge in [-0.25, -0.2) is 13.4 Å². The Morgan fingerprint density at radius 1 is 1.40 bits per heavy atom. The normalized spacial score (nSPS) is 11.8. The summed E-state index contributed by atoms with van der Waals surface area (Å²) in [6, 6.07) is 1.54. The van der Waals surface area contributed by atoms with Crippen LogP contribution in [0.3, 0.4) is 0 Å². The molecule has 0 spiro atoms. The number of aromatic nitrogens is 3. The molecule has 0 aromatic carbocycles. The van der Waals surface area contributed by atoms with Gasteiger partial charge in [0.1, 0.15) is 10.7 Å². The van der Waals surface area contributed by atoms with Crippen LogP contribution in [0.2, 0.25) is 0 Å². The molecular weight excluding hydrogens is 346 g/mol. The number of anilines is 2. The summed E-state index contributed by atoms with van der Waals surface area (Å²) in [5.41, 5.74) is 5.98. The highest BCUT2D eigenvalue weighted by Crippen LogP contribution is 2.23. The van der Waals surface area contributed by atoms with E-state index in [0.717, 1.165) is 0 Å². The molecule has 108 valence electrons. The maximum absolute atomic E-state index is 12.3. The van der Waals surface area contributed by atoms with Gasteiger partial charge in [-0.15, -0.1) is 0 Å². The highest BCUT2D eigenvalue weighted by atomic mass is 79.9. The van der Waals surface area contributed by atoms with E-state index < -0.39 is 10.0 Å². The van der Waals surface area contributed by atoms with Crippen molar-refractivity contribution in [1.29, 1.82) is 0 Å². The smallest absolute Gasteiger partial charge is 0.265 e. The van der Waals surface area contributed by atoms with Gasteiger partial charge in [0.15, 0.2) is 0 Å². The first-order valence-electron chi connectivity index (χ1n) is 5.77. The van der Waals surface area contributed by atoms with Crippen molar-refractivity contribution < 1.29 is 8.42 Å². The summed E-state index contributed by atoms with van der Waals surface area (Å²) < 4.78 is 29.1. The number of hydrogen-bond acceptors (Lipinski definition) is 5. The number of nitrogens with zero attached hydrogens (tertiary/aromatic N) is 3. The topological polar surface area (TPSA) is 103 Å². The van der Waals surface area contributed by atoms with Crippen molar-refractivity contribution in [3.8, 4) is 0 Å². The third kappa shape index (κ3) is 3.10. The molecule has 2 heterocycles. The molecular formula is C11H14BrN5O2S.